The average molecular weight is 275 g/mol. The molecule has 1 amide bonds. The van der Waals surface area contributed by atoms with Crippen LogP contribution in [0, 0.1) is 0 Å². The van der Waals surface area contributed by atoms with Gasteiger partial charge in [-0.1, -0.05) is 26.2 Å². The van der Waals surface area contributed by atoms with E-state index >= 15 is 0 Å². The van der Waals surface area contributed by atoms with Crippen LogP contribution < -0.4 is 5.32 Å². The van der Waals surface area contributed by atoms with Crippen molar-refractivity contribution in [3.8, 4) is 0 Å². The number of hydrogen-bond donors (Lipinski definition) is 1. The Morgan fingerprint density at radius 1 is 1.30 bits per heavy atom. The van der Waals surface area contributed by atoms with Crippen LogP contribution in [0.5, 0.6) is 0 Å². The third kappa shape index (κ3) is 4.22. The number of hydrogen-bond acceptors (Lipinski definition) is 3. The van der Waals surface area contributed by atoms with E-state index in [1.807, 2.05) is 17.0 Å². The van der Waals surface area contributed by atoms with Gasteiger partial charge in [0.2, 0.25) is 0 Å². The lowest BCUT2D eigenvalue weighted by molar-refractivity contribution is 0.0756. The summed E-state index contributed by atoms with van der Waals surface area (Å²) in [6.07, 6.45) is 8.71. The molecule has 2 heterocycles. The first-order chi connectivity index (χ1) is 9.81. The molecule has 4 heteroatoms. The number of nitrogens with zero attached hydrogens (tertiary/aromatic N) is 2. The number of likely N-dealkylation sites (tertiary alicyclic amines) is 1. The normalized spacial score (nSPS) is 15.8. The fraction of sp³-hybridized carbons (Fsp3) is 0.625. The van der Waals surface area contributed by atoms with Crippen LogP contribution in [0.3, 0.4) is 0 Å². The molecule has 1 N–H and O–H groups in total. The molecule has 1 aliphatic heterocycles. The number of carbonyl (C=O) groups is 1. The fourth-order valence-corrected chi connectivity index (χ4v) is 2.50. The van der Waals surface area contributed by atoms with Gasteiger partial charge < -0.3 is 10.2 Å². The Labute approximate surface area is 121 Å². The first-order valence-corrected chi connectivity index (χ1v) is 7.80. The number of amides is 1. The number of aromatic nitrogens is 1. The highest BCUT2D eigenvalue weighted by atomic mass is 16.2. The zero-order valence-corrected chi connectivity index (χ0v) is 12.4. The van der Waals surface area contributed by atoms with Crippen LogP contribution in [0.2, 0.25) is 0 Å². The number of nitrogens with one attached hydrogen (secondary N) is 1. The predicted octanol–water partition coefficient (Wildman–Crippen LogP) is 3.31. The highest BCUT2D eigenvalue weighted by Crippen LogP contribution is 2.14. The first kappa shape index (κ1) is 14.8. The van der Waals surface area contributed by atoms with Crippen molar-refractivity contribution in [3.05, 3.63) is 24.0 Å². The minimum absolute atomic E-state index is 0.0750. The molecule has 0 unspecified atom stereocenters. The van der Waals surface area contributed by atoms with Crippen LogP contribution in [0.15, 0.2) is 18.3 Å². The molecule has 0 bridgehead atoms. The molecule has 1 fully saturated rings. The van der Waals surface area contributed by atoms with Gasteiger partial charge in [0.25, 0.3) is 5.91 Å². The predicted molar refractivity (Wildman–Crippen MR) is 82.0 cm³/mol. The van der Waals surface area contributed by atoms with E-state index in [0.717, 1.165) is 51.0 Å². The van der Waals surface area contributed by atoms with Crippen LogP contribution >= 0.6 is 0 Å². The Morgan fingerprint density at radius 3 is 2.75 bits per heavy atom. The molecule has 0 saturated carbocycles. The number of pyridine rings is 1. The second kappa shape index (κ2) is 7.88. The van der Waals surface area contributed by atoms with Gasteiger partial charge in [0, 0.05) is 31.5 Å². The molecule has 0 spiro atoms. The summed E-state index contributed by atoms with van der Waals surface area (Å²) in [6, 6.07) is 3.80. The highest BCUT2D eigenvalue weighted by Gasteiger charge is 2.18. The van der Waals surface area contributed by atoms with Gasteiger partial charge in [-0.3, -0.25) is 9.78 Å². The summed E-state index contributed by atoms with van der Waals surface area (Å²) >= 11 is 0. The molecule has 0 radical (unpaired) electrons. The lowest BCUT2D eigenvalue weighted by Gasteiger charge is -2.20. The van der Waals surface area contributed by atoms with Gasteiger partial charge in [-0.05, 0) is 31.4 Å². The summed E-state index contributed by atoms with van der Waals surface area (Å²) in [4.78, 5) is 18.7. The molecular weight excluding hydrogens is 250 g/mol. The van der Waals surface area contributed by atoms with E-state index in [1.54, 1.807) is 6.20 Å². The van der Waals surface area contributed by atoms with Crippen LogP contribution in [0.1, 0.15) is 55.9 Å². The maximum atomic E-state index is 12.5. The van der Waals surface area contributed by atoms with Crippen molar-refractivity contribution in [1.82, 2.24) is 9.88 Å². The Morgan fingerprint density at radius 2 is 2.05 bits per heavy atom. The van der Waals surface area contributed by atoms with E-state index in [-0.39, 0.29) is 5.91 Å². The summed E-state index contributed by atoms with van der Waals surface area (Å²) in [7, 11) is 0. The van der Waals surface area contributed by atoms with Crippen LogP contribution in [-0.4, -0.2) is 35.4 Å². The average Bonchev–Trinajstić information content (AvgIpc) is 2.76. The van der Waals surface area contributed by atoms with Gasteiger partial charge in [-0.15, -0.1) is 0 Å². The molecule has 0 aromatic carbocycles. The largest absolute Gasteiger partial charge is 0.385 e. The Kier molecular flexibility index (Phi) is 5.84. The molecule has 0 aliphatic carbocycles. The van der Waals surface area contributed by atoms with Gasteiger partial charge in [0.05, 0.1) is 0 Å². The van der Waals surface area contributed by atoms with E-state index in [2.05, 4.69) is 17.2 Å². The minimum atomic E-state index is 0.0750. The van der Waals surface area contributed by atoms with Crippen LogP contribution in [0.25, 0.3) is 0 Å². The molecule has 1 aromatic rings. The Balaban J connectivity index is 1.99. The lowest BCUT2D eigenvalue weighted by atomic mass is 10.2. The maximum absolute atomic E-state index is 12.5. The van der Waals surface area contributed by atoms with Gasteiger partial charge in [-0.2, -0.15) is 0 Å². The third-order valence-electron chi connectivity index (χ3n) is 3.73. The van der Waals surface area contributed by atoms with E-state index in [0.29, 0.717) is 5.69 Å². The van der Waals surface area contributed by atoms with Crippen molar-refractivity contribution >= 4 is 11.6 Å². The zero-order chi connectivity index (χ0) is 14.2. The van der Waals surface area contributed by atoms with Crippen molar-refractivity contribution in [1.29, 1.82) is 0 Å². The zero-order valence-electron chi connectivity index (χ0n) is 12.4. The second-order valence-electron chi connectivity index (χ2n) is 5.42. The molecule has 1 saturated heterocycles. The van der Waals surface area contributed by atoms with Crippen molar-refractivity contribution < 1.29 is 4.79 Å². The van der Waals surface area contributed by atoms with E-state index in [9.17, 15) is 4.79 Å². The topological polar surface area (TPSA) is 45.2 Å². The van der Waals surface area contributed by atoms with Crippen molar-refractivity contribution in [3.63, 3.8) is 0 Å². The summed E-state index contributed by atoms with van der Waals surface area (Å²) in [5.74, 6) is 0.0750. The third-order valence-corrected chi connectivity index (χ3v) is 3.73. The van der Waals surface area contributed by atoms with Crippen LogP contribution in [-0.2, 0) is 0 Å². The molecule has 4 nitrogen and oxygen atoms in total. The molecule has 2 rings (SSSR count). The van der Waals surface area contributed by atoms with Gasteiger partial charge >= 0.3 is 0 Å². The molecule has 110 valence electrons. The van der Waals surface area contributed by atoms with Gasteiger partial charge in [0.15, 0.2) is 0 Å². The number of anilines is 1. The SMILES string of the molecule is CCCCNc1ccnc(C(=O)N2CCCCCC2)c1. The standard InChI is InChI=1S/C16H25N3O/c1-2-3-9-17-14-8-10-18-15(13-14)16(20)19-11-6-4-5-7-12-19/h8,10,13H,2-7,9,11-12H2,1H3,(H,17,18). The number of rotatable bonds is 5. The molecule has 0 atom stereocenters. The lowest BCUT2D eigenvalue weighted by Crippen LogP contribution is -2.32. The van der Waals surface area contributed by atoms with Gasteiger partial charge in [0.1, 0.15) is 5.69 Å². The van der Waals surface area contributed by atoms with E-state index in [1.165, 1.54) is 12.8 Å². The fourth-order valence-electron chi connectivity index (χ4n) is 2.50. The molecule has 20 heavy (non-hydrogen) atoms. The van der Waals surface area contributed by atoms with Crippen molar-refractivity contribution in [2.45, 2.75) is 45.4 Å². The molecular formula is C16H25N3O. The number of unbranched alkanes of at least 4 members (excludes halogenated alkanes) is 1. The monoisotopic (exact) mass is 275 g/mol. The van der Waals surface area contributed by atoms with Crippen LogP contribution in [0.4, 0.5) is 5.69 Å². The Hall–Kier alpha value is -1.58. The van der Waals surface area contributed by atoms with Crippen molar-refractivity contribution in [2.75, 3.05) is 25.0 Å². The van der Waals surface area contributed by atoms with E-state index in [4.69, 9.17) is 0 Å². The first-order valence-electron chi connectivity index (χ1n) is 7.80. The van der Waals surface area contributed by atoms with Crippen molar-refractivity contribution in [2.24, 2.45) is 0 Å². The summed E-state index contributed by atoms with van der Waals surface area (Å²) in [5.41, 5.74) is 1.56. The maximum Gasteiger partial charge on any atom is 0.272 e. The van der Waals surface area contributed by atoms with Gasteiger partial charge in [-0.25, -0.2) is 0 Å². The summed E-state index contributed by atoms with van der Waals surface area (Å²) in [6.45, 7) is 4.85. The quantitative estimate of drug-likeness (QED) is 0.839. The summed E-state index contributed by atoms with van der Waals surface area (Å²) < 4.78 is 0. The molecule has 1 aromatic heterocycles. The highest BCUT2D eigenvalue weighted by molar-refractivity contribution is 5.93. The number of carbonyl (C=O) groups excluding carboxylic acids is 1. The smallest absolute Gasteiger partial charge is 0.272 e. The second-order valence-corrected chi connectivity index (χ2v) is 5.42. The van der Waals surface area contributed by atoms with E-state index < -0.39 is 0 Å². The molecule has 1 aliphatic rings. The summed E-state index contributed by atoms with van der Waals surface area (Å²) in [5, 5.41) is 3.35. The minimum Gasteiger partial charge on any atom is -0.385 e. The Bertz CT molecular complexity index is 425.